The third-order valence-corrected chi connectivity index (χ3v) is 8.77. The predicted octanol–water partition coefficient (Wildman–Crippen LogP) is 6.51. The Labute approximate surface area is 303 Å². The first-order chi connectivity index (χ1) is 23.6. The van der Waals surface area contributed by atoms with Gasteiger partial charge in [-0.25, -0.2) is 9.59 Å². The van der Waals surface area contributed by atoms with E-state index >= 15 is 0 Å². The Morgan fingerprint density at radius 3 is 1.22 bits per heavy atom. The molecule has 0 aromatic rings. The summed E-state index contributed by atoms with van der Waals surface area (Å²) in [5, 5.41) is 0. The fourth-order valence-corrected chi connectivity index (χ4v) is 5.40. The van der Waals surface area contributed by atoms with Crippen LogP contribution in [0.4, 0.5) is 0 Å². The number of hydrogen-bond donors (Lipinski definition) is 0. The van der Waals surface area contributed by atoms with Gasteiger partial charge in [-0.2, -0.15) is 0 Å². The Morgan fingerprint density at radius 2 is 0.776 bits per heavy atom. The molecule has 49 heavy (non-hydrogen) atoms. The van der Waals surface area contributed by atoms with E-state index in [0.717, 1.165) is 101 Å². The van der Waals surface area contributed by atoms with E-state index in [1.807, 2.05) is 13.8 Å². The van der Waals surface area contributed by atoms with Crippen molar-refractivity contribution in [3.05, 3.63) is 36.5 Å². The number of hydrogen-bond acceptors (Lipinski definition) is 12. The van der Waals surface area contributed by atoms with Crippen LogP contribution in [0.25, 0.3) is 0 Å². The Hall–Kier alpha value is -3.16. The van der Waals surface area contributed by atoms with Crippen molar-refractivity contribution in [3.63, 3.8) is 0 Å². The van der Waals surface area contributed by atoms with Crippen molar-refractivity contribution < 1.29 is 53.9 Å². The van der Waals surface area contributed by atoms with Gasteiger partial charge in [-0.1, -0.05) is 59.3 Å². The van der Waals surface area contributed by atoms with Crippen LogP contribution in [0.1, 0.15) is 130 Å². The molecule has 2 radical (unpaired) electrons. The molecule has 0 aliphatic carbocycles. The van der Waals surface area contributed by atoms with Gasteiger partial charge in [-0.05, 0) is 19.3 Å². The third-order valence-electron chi connectivity index (χ3n) is 7.15. The second-order valence-electron chi connectivity index (χ2n) is 11.5. The minimum absolute atomic E-state index is 0.0953. The Bertz CT molecular complexity index is 1070. The zero-order chi connectivity index (χ0) is 36.6. The van der Waals surface area contributed by atoms with Gasteiger partial charge in [0.2, 0.25) is 0 Å². The molecule has 0 saturated heterocycles. The standard InChI is InChI=1S/C28H46O8.C8H12O4.Sn/c1-4-7-10-12-20-28(19-11-8-5-2,21-13-14-23-35-25(31)16-15-24(29)30)36-27(33)18-17-26(32)34-22-9-6-3;1-2-3-6-12-8(11)5-4-7(9)10;/h15-18H,4-14,19-23H2,1-3H3,(H,29,30);4-5H,2-3,6H2,1H3,(H,9,10);/q;;+2/p-2. The molecule has 0 aromatic heterocycles. The van der Waals surface area contributed by atoms with Crippen molar-refractivity contribution >= 4 is 57.8 Å². The third kappa shape index (κ3) is 27.4. The summed E-state index contributed by atoms with van der Waals surface area (Å²) in [6.07, 6.45) is 19.2. The molecule has 0 bridgehead atoms. The number of unbranched alkanes of at least 4 members (excludes halogenated alkanes) is 8. The molecule has 0 amide bonds. The second kappa shape index (κ2) is 30.9. The number of rotatable bonds is 29. The average molecular weight is 800 g/mol. The fraction of sp³-hybridized carbons (Fsp3) is 0.667. The van der Waals surface area contributed by atoms with E-state index in [1.165, 1.54) is 0 Å². The van der Waals surface area contributed by atoms with Crippen molar-refractivity contribution in [1.29, 1.82) is 0 Å². The number of carbonyl (C=O) groups excluding carboxylic acids is 6. The first-order valence-electron chi connectivity index (χ1n) is 17.5. The van der Waals surface area contributed by atoms with Crippen molar-refractivity contribution in [2.75, 3.05) is 19.8 Å². The zero-order valence-electron chi connectivity index (χ0n) is 29.8. The fourth-order valence-electron chi connectivity index (χ4n) is 4.43. The molecule has 1 atom stereocenters. The topological polar surface area (TPSA) is 158 Å². The first kappa shape index (κ1) is 45.8. The predicted molar refractivity (Wildman–Crippen MR) is 184 cm³/mol. The molecule has 1 unspecified atom stereocenters. The maximum atomic E-state index is 12.8. The quantitative estimate of drug-likeness (QED) is 0.0266. The van der Waals surface area contributed by atoms with Crippen LogP contribution >= 0.6 is 0 Å². The minimum Gasteiger partial charge on any atom is -0.463 e. The van der Waals surface area contributed by atoms with Gasteiger partial charge in [0, 0.05) is 12.2 Å². The van der Waals surface area contributed by atoms with E-state index in [4.69, 9.17) is 25.1 Å². The van der Waals surface area contributed by atoms with E-state index in [9.17, 15) is 28.8 Å². The SMILES string of the molecule is CCCCCCC(CCCCC)(CCCCOC(=O)C=CC(=O)[O][Sn][O]C(=O)C=CC(=O)OCCCC)OC(=O)C=CC(=O)OCCCC. The van der Waals surface area contributed by atoms with Gasteiger partial charge in [0.15, 0.2) is 0 Å². The molecule has 0 aliphatic rings. The summed E-state index contributed by atoms with van der Waals surface area (Å²) in [4.78, 5) is 71.9. The molecule has 0 aliphatic heterocycles. The van der Waals surface area contributed by atoms with Gasteiger partial charge in [0.1, 0.15) is 0 Å². The van der Waals surface area contributed by atoms with Crippen molar-refractivity contribution in [3.8, 4) is 0 Å². The summed E-state index contributed by atoms with van der Waals surface area (Å²) in [6.45, 7) is 8.84. The summed E-state index contributed by atoms with van der Waals surface area (Å²) >= 11 is -2.33. The van der Waals surface area contributed by atoms with Gasteiger partial charge < -0.3 is 4.74 Å². The number of carbonyl (C=O) groups is 6. The smallest absolute Gasteiger partial charge is 0.463 e. The first-order valence-corrected chi connectivity index (χ1v) is 19.9. The molecule has 0 aromatic carbocycles. The summed E-state index contributed by atoms with van der Waals surface area (Å²) in [6, 6.07) is 0. The monoisotopic (exact) mass is 800 g/mol. The molecule has 0 saturated carbocycles. The molecule has 276 valence electrons. The number of ether oxygens (including phenoxy) is 4. The van der Waals surface area contributed by atoms with Crippen molar-refractivity contribution in [2.45, 2.75) is 136 Å². The van der Waals surface area contributed by atoms with E-state index in [0.29, 0.717) is 45.1 Å². The van der Waals surface area contributed by atoms with Crippen LogP contribution in [0.5, 0.6) is 0 Å². The van der Waals surface area contributed by atoms with E-state index < -0.39 is 63.4 Å². The van der Waals surface area contributed by atoms with Gasteiger partial charge in [0.25, 0.3) is 0 Å². The average Bonchev–Trinajstić information content (AvgIpc) is 3.07. The van der Waals surface area contributed by atoms with Gasteiger partial charge >= 0.3 is 192 Å². The molecule has 0 fully saturated rings. The van der Waals surface area contributed by atoms with Crippen molar-refractivity contribution in [2.24, 2.45) is 0 Å². The summed E-state index contributed by atoms with van der Waals surface area (Å²) in [5.41, 5.74) is -0.702. The number of esters is 4. The Morgan fingerprint density at radius 1 is 0.429 bits per heavy atom. The Balaban J connectivity index is 4.89. The van der Waals surface area contributed by atoms with Crippen LogP contribution in [-0.2, 0) is 53.9 Å². The molecule has 0 heterocycles. The molecule has 12 nitrogen and oxygen atoms in total. The van der Waals surface area contributed by atoms with Crippen LogP contribution in [0.15, 0.2) is 36.5 Å². The molecular weight excluding hydrogens is 743 g/mol. The van der Waals surface area contributed by atoms with Crippen LogP contribution in [0.2, 0.25) is 0 Å². The maximum absolute atomic E-state index is 12.8. The second-order valence-corrected chi connectivity index (χ2v) is 13.1. The van der Waals surface area contributed by atoms with Gasteiger partial charge in [-0.3, -0.25) is 0 Å². The van der Waals surface area contributed by atoms with E-state index in [-0.39, 0.29) is 13.2 Å². The van der Waals surface area contributed by atoms with Crippen LogP contribution in [-0.4, -0.2) is 83.2 Å². The molecular formula is C36H56O12Sn. The Kier molecular flexibility index (Phi) is 28.9. The van der Waals surface area contributed by atoms with E-state index in [2.05, 4.69) is 13.8 Å². The normalized spacial score (nSPS) is 12.5. The van der Waals surface area contributed by atoms with Crippen LogP contribution in [0, 0.1) is 0 Å². The van der Waals surface area contributed by atoms with Gasteiger partial charge in [-0.15, -0.1) is 0 Å². The molecule has 13 heteroatoms. The van der Waals surface area contributed by atoms with E-state index in [1.54, 1.807) is 0 Å². The zero-order valence-corrected chi connectivity index (χ0v) is 32.7. The van der Waals surface area contributed by atoms with Crippen LogP contribution < -0.4 is 0 Å². The van der Waals surface area contributed by atoms with Crippen molar-refractivity contribution in [1.82, 2.24) is 0 Å². The van der Waals surface area contributed by atoms with Gasteiger partial charge in [0.05, 0.1) is 6.61 Å². The molecule has 0 spiro atoms. The minimum atomic E-state index is -2.33. The summed E-state index contributed by atoms with van der Waals surface area (Å²) in [7, 11) is 0. The molecule has 0 N–H and O–H groups in total. The van der Waals surface area contributed by atoms with Crippen LogP contribution in [0.3, 0.4) is 0 Å². The summed E-state index contributed by atoms with van der Waals surface area (Å²) in [5.74, 6) is -4.26. The summed E-state index contributed by atoms with van der Waals surface area (Å²) < 4.78 is 31.0. The molecule has 0 rings (SSSR count).